The summed E-state index contributed by atoms with van der Waals surface area (Å²) in [4.78, 5) is 24.7. The molecule has 0 unspecified atom stereocenters. The van der Waals surface area contributed by atoms with Crippen molar-refractivity contribution in [3.63, 3.8) is 0 Å². The summed E-state index contributed by atoms with van der Waals surface area (Å²) in [5.74, 6) is 0.430. The Morgan fingerprint density at radius 3 is 2.18 bits per heavy atom. The Morgan fingerprint density at radius 1 is 0.878 bits per heavy atom. The van der Waals surface area contributed by atoms with Crippen LogP contribution in [0.4, 0.5) is 0 Å². The first-order valence-electron chi connectivity index (χ1n) is 17.1. The Morgan fingerprint density at radius 2 is 1.55 bits per heavy atom. The van der Waals surface area contributed by atoms with E-state index in [2.05, 4.69) is 20.3 Å². The van der Waals surface area contributed by atoms with Gasteiger partial charge in [0.1, 0.15) is 18.7 Å². The topological polar surface area (TPSA) is 172 Å². The molecule has 49 heavy (non-hydrogen) atoms. The van der Waals surface area contributed by atoms with Crippen molar-refractivity contribution < 1.29 is 38.3 Å². The molecule has 0 bridgehead atoms. The molecule has 0 radical (unpaired) electrons. The highest BCUT2D eigenvalue weighted by atomic mass is 16.7. The number of aromatic hydroxyl groups is 1. The highest BCUT2D eigenvalue weighted by Gasteiger charge is 2.19. The van der Waals surface area contributed by atoms with E-state index in [-0.39, 0.29) is 24.4 Å². The largest absolute Gasteiger partial charge is 0.494 e. The molecule has 2 heterocycles. The third kappa shape index (κ3) is 12.2. The quantitative estimate of drug-likeness (QED) is 0.0642. The number of H-pyrrole nitrogens is 1. The van der Waals surface area contributed by atoms with E-state index in [1.165, 1.54) is 6.33 Å². The van der Waals surface area contributed by atoms with Gasteiger partial charge in [-0.1, -0.05) is 0 Å². The van der Waals surface area contributed by atoms with Crippen LogP contribution in [0.2, 0.25) is 0 Å². The molecule has 0 aliphatic carbocycles. The number of ether oxygens (including phenoxy) is 6. The monoisotopic (exact) mass is 683 g/mol. The molecule has 5 N–H and O–H groups in total. The minimum atomic E-state index is -0.265. The van der Waals surface area contributed by atoms with Crippen molar-refractivity contribution in [3.8, 4) is 22.9 Å². The van der Waals surface area contributed by atoms with E-state index in [1.54, 1.807) is 25.3 Å². The molecule has 4 rings (SSSR count). The second kappa shape index (κ2) is 22.0. The number of nitrogens with one attached hydrogen (secondary N) is 2. The number of aromatic nitrogens is 3. The molecular weight excluding hydrogens is 630 g/mol. The summed E-state index contributed by atoms with van der Waals surface area (Å²) in [5.41, 5.74) is 8.26. The second-order valence-corrected chi connectivity index (χ2v) is 10.9. The van der Waals surface area contributed by atoms with Gasteiger partial charge in [-0.3, -0.25) is 4.79 Å². The molecule has 2 aromatic carbocycles. The maximum atomic E-state index is 12.9. The summed E-state index contributed by atoms with van der Waals surface area (Å²) in [6.07, 6.45) is 4.41. The number of carbonyl (C=O) groups excluding carboxylic acids is 1. The molecule has 0 atom stereocenters. The zero-order valence-corrected chi connectivity index (χ0v) is 29.5. The van der Waals surface area contributed by atoms with Gasteiger partial charge in [0.2, 0.25) is 0 Å². The number of rotatable bonds is 21. The Bertz CT molecular complexity index is 1540. The summed E-state index contributed by atoms with van der Waals surface area (Å²) < 4.78 is 32.5. The van der Waals surface area contributed by atoms with Crippen molar-refractivity contribution >= 4 is 27.7 Å². The van der Waals surface area contributed by atoms with Crippen LogP contribution in [-0.2, 0) is 23.7 Å². The standard InChI is InChI=1S/C28H34N4O6.C8H19NO2/c1-4-36-24(37-5-2)7-6-12-29-27(33)18-8-11-22-21(15-18)25(28(34)32-22)26-20-10-9-19(38-14-13-35-3)16-23(20)30-17-31-26;1-3-10-8(11-4-2)6-5-7-9/h8-11,15-17,24,32,34H,4-7,12-14H2,1-3H3,(H,29,33);8H,3-7,9H2,1-2H3. The molecule has 0 fully saturated rings. The predicted octanol–water partition coefficient (Wildman–Crippen LogP) is 5.54. The van der Waals surface area contributed by atoms with Gasteiger partial charge in [-0.25, -0.2) is 9.97 Å². The maximum absolute atomic E-state index is 12.9. The molecule has 0 saturated carbocycles. The average Bonchev–Trinajstić information content (AvgIpc) is 3.44. The number of aromatic amines is 1. The number of fused-ring (bicyclic) bond motifs is 2. The minimum absolute atomic E-state index is 0.0316. The van der Waals surface area contributed by atoms with Crippen LogP contribution in [0.3, 0.4) is 0 Å². The average molecular weight is 684 g/mol. The molecule has 13 heteroatoms. The van der Waals surface area contributed by atoms with Gasteiger partial charge in [0.15, 0.2) is 18.5 Å². The lowest BCUT2D eigenvalue weighted by Gasteiger charge is -2.16. The van der Waals surface area contributed by atoms with E-state index in [9.17, 15) is 9.90 Å². The van der Waals surface area contributed by atoms with Crippen LogP contribution in [0.1, 0.15) is 63.7 Å². The fourth-order valence-electron chi connectivity index (χ4n) is 5.16. The number of nitrogens with two attached hydrogens (primary N) is 1. The van der Waals surface area contributed by atoms with Gasteiger partial charge in [0.25, 0.3) is 5.91 Å². The Hall–Kier alpha value is -3.85. The Kier molecular flexibility index (Phi) is 17.8. The highest BCUT2D eigenvalue weighted by molar-refractivity contribution is 6.07. The van der Waals surface area contributed by atoms with Crippen molar-refractivity contribution in [3.05, 3.63) is 48.3 Å². The molecular formula is C36H53N5O8. The molecule has 4 aromatic rings. The zero-order valence-electron chi connectivity index (χ0n) is 29.5. The fourth-order valence-corrected chi connectivity index (χ4v) is 5.16. The molecule has 0 spiro atoms. The number of benzene rings is 2. The van der Waals surface area contributed by atoms with E-state index >= 15 is 0 Å². The van der Waals surface area contributed by atoms with Gasteiger partial charge in [-0.2, -0.15) is 0 Å². The van der Waals surface area contributed by atoms with E-state index in [4.69, 9.17) is 34.2 Å². The predicted molar refractivity (Wildman–Crippen MR) is 190 cm³/mol. The minimum Gasteiger partial charge on any atom is -0.494 e. The molecule has 1 amide bonds. The van der Waals surface area contributed by atoms with Crippen LogP contribution in [0.5, 0.6) is 11.6 Å². The van der Waals surface area contributed by atoms with Crippen LogP contribution >= 0.6 is 0 Å². The third-order valence-electron chi connectivity index (χ3n) is 7.40. The molecule has 0 aliphatic heterocycles. The van der Waals surface area contributed by atoms with Gasteiger partial charge in [0, 0.05) is 74.4 Å². The SMILES string of the molecule is CCOC(CCCN)OCC.CCOC(CCCNC(=O)c1ccc2[nH]c(O)c(-c3ncnc4cc(OCCOC)ccc34)c2c1)OCC. The summed E-state index contributed by atoms with van der Waals surface area (Å²) >= 11 is 0. The molecule has 270 valence electrons. The summed E-state index contributed by atoms with van der Waals surface area (Å²) in [6.45, 7) is 12.4. The Balaban J connectivity index is 0.000000509. The highest BCUT2D eigenvalue weighted by Crippen LogP contribution is 2.39. The smallest absolute Gasteiger partial charge is 0.251 e. The first-order valence-corrected chi connectivity index (χ1v) is 17.1. The van der Waals surface area contributed by atoms with E-state index in [0.29, 0.717) is 98.1 Å². The van der Waals surface area contributed by atoms with Crippen LogP contribution in [0, 0.1) is 0 Å². The van der Waals surface area contributed by atoms with E-state index < -0.39 is 0 Å². The number of hydrogen-bond donors (Lipinski definition) is 4. The fraction of sp³-hybridized carbons (Fsp3) is 0.528. The summed E-state index contributed by atoms with van der Waals surface area (Å²) in [5, 5.41) is 15.2. The number of carbonyl (C=O) groups is 1. The van der Waals surface area contributed by atoms with Crippen LogP contribution < -0.4 is 15.8 Å². The number of methoxy groups -OCH3 is 1. The van der Waals surface area contributed by atoms with Crippen LogP contribution in [-0.4, -0.2) is 98.4 Å². The van der Waals surface area contributed by atoms with Crippen molar-refractivity contribution in [1.29, 1.82) is 0 Å². The molecule has 13 nitrogen and oxygen atoms in total. The van der Waals surface area contributed by atoms with Crippen molar-refractivity contribution in [2.24, 2.45) is 5.73 Å². The lowest BCUT2D eigenvalue weighted by Crippen LogP contribution is -2.26. The zero-order chi connectivity index (χ0) is 35.4. The maximum Gasteiger partial charge on any atom is 0.251 e. The van der Waals surface area contributed by atoms with Crippen LogP contribution in [0.15, 0.2) is 42.7 Å². The van der Waals surface area contributed by atoms with Crippen molar-refractivity contribution in [1.82, 2.24) is 20.3 Å². The normalized spacial score (nSPS) is 11.3. The lowest BCUT2D eigenvalue weighted by molar-refractivity contribution is -0.140. The summed E-state index contributed by atoms with van der Waals surface area (Å²) in [6, 6.07) is 10.8. The number of amides is 1. The first-order chi connectivity index (χ1) is 23.9. The van der Waals surface area contributed by atoms with Gasteiger partial charge in [0.05, 0.1) is 23.4 Å². The number of hydrogen-bond acceptors (Lipinski definition) is 11. The van der Waals surface area contributed by atoms with Gasteiger partial charge in [-0.05, 0) is 83.8 Å². The third-order valence-corrected chi connectivity index (χ3v) is 7.40. The van der Waals surface area contributed by atoms with E-state index in [0.717, 1.165) is 24.6 Å². The summed E-state index contributed by atoms with van der Waals surface area (Å²) in [7, 11) is 1.62. The van der Waals surface area contributed by atoms with Gasteiger partial charge >= 0.3 is 0 Å². The second-order valence-electron chi connectivity index (χ2n) is 10.9. The van der Waals surface area contributed by atoms with Crippen LogP contribution in [0.25, 0.3) is 33.1 Å². The molecule has 2 aromatic heterocycles. The van der Waals surface area contributed by atoms with E-state index in [1.807, 2.05) is 45.9 Å². The van der Waals surface area contributed by atoms with Crippen molar-refractivity contribution in [2.45, 2.75) is 66.0 Å². The van der Waals surface area contributed by atoms with Gasteiger partial charge in [-0.15, -0.1) is 0 Å². The number of nitrogens with zero attached hydrogens (tertiary/aromatic N) is 2. The first kappa shape index (κ1) is 39.6. The molecule has 0 saturated heterocycles. The Labute approximate surface area is 288 Å². The lowest BCUT2D eigenvalue weighted by atomic mass is 10.0. The molecule has 0 aliphatic rings. The van der Waals surface area contributed by atoms with Crippen molar-refractivity contribution in [2.75, 3.05) is 59.8 Å². The van der Waals surface area contributed by atoms with Gasteiger partial charge < -0.3 is 49.6 Å².